The van der Waals surface area contributed by atoms with Crippen LogP contribution in [-0.4, -0.2) is 40.9 Å². The second kappa shape index (κ2) is 8.26. The molecule has 0 radical (unpaired) electrons. The predicted molar refractivity (Wildman–Crippen MR) is 101 cm³/mol. The zero-order chi connectivity index (χ0) is 18.5. The molecule has 1 unspecified atom stereocenters. The van der Waals surface area contributed by atoms with E-state index in [1.54, 1.807) is 0 Å². The fraction of sp³-hybridized carbons (Fsp3) is 0.450. The van der Waals surface area contributed by atoms with Crippen molar-refractivity contribution in [2.75, 3.05) is 25.0 Å². The molecule has 0 bridgehead atoms. The lowest BCUT2D eigenvalue weighted by atomic mass is 10.1. The zero-order valence-electron chi connectivity index (χ0n) is 15.6. The van der Waals surface area contributed by atoms with Gasteiger partial charge in [-0.2, -0.15) is 10.4 Å². The van der Waals surface area contributed by atoms with Gasteiger partial charge in [-0.05, 0) is 37.5 Å². The van der Waals surface area contributed by atoms with Gasteiger partial charge in [0.2, 0.25) is 0 Å². The summed E-state index contributed by atoms with van der Waals surface area (Å²) in [5.41, 5.74) is 4.67. The molecule has 1 aliphatic heterocycles. The summed E-state index contributed by atoms with van der Waals surface area (Å²) in [6.45, 7) is 10.1. The SMILES string of the molecule is Cc1nnc(NCc2cccc(CN3CCOC(C)C3)c2)c(C#N)c1C. The number of nitriles is 1. The number of nitrogens with zero attached hydrogens (tertiary/aromatic N) is 4. The number of morpholine rings is 1. The van der Waals surface area contributed by atoms with Gasteiger partial charge in [-0.25, -0.2) is 0 Å². The van der Waals surface area contributed by atoms with E-state index in [1.165, 1.54) is 5.56 Å². The van der Waals surface area contributed by atoms with Crippen molar-refractivity contribution in [3.8, 4) is 6.07 Å². The van der Waals surface area contributed by atoms with Crippen LogP contribution in [0, 0.1) is 25.2 Å². The molecule has 2 aromatic rings. The van der Waals surface area contributed by atoms with Gasteiger partial charge >= 0.3 is 0 Å². The molecule has 2 heterocycles. The second-order valence-corrected chi connectivity index (χ2v) is 6.84. The van der Waals surface area contributed by atoms with Crippen molar-refractivity contribution in [3.63, 3.8) is 0 Å². The van der Waals surface area contributed by atoms with Crippen LogP contribution in [0.1, 0.15) is 34.9 Å². The van der Waals surface area contributed by atoms with Crippen molar-refractivity contribution in [3.05, 3.63) is 52.2 Å². The minimum atomic E-state index is 0.293. The fourth-order valence-corrected chi connectivity index (χ4v) is 3.19. The zero-order valence-corrected chi connectivity index (χ0v) is 15.6. The molecule has 0 saturated carbocycles. The topological polar surface area (TPSA) is 74.1 Å². The summed E-state index contributed by atoms with van der Waals surface area (Å²) in [5, 5.41) is 20.9. The summed E-state index contributed by atoms with van der Waals surface area (Å²) in [5.74, 6) is 0.544. The van der Waals surface area contributed by atoms with Crippen molar-refractivity contribution in [1.82, 2.24) is 15.1 Å². The lowest BCUT2D eigenvalue weighted by Gasteiger charge is -2.31. The van der Waals surface area contributed by atoms with Gasteiger partial charge in [-0.3, -0.25) is 4.90 Å². The molecule has 1 aliphatic rings. The Labute approximate surface area is 154 Å². The van der Waals surface area contributed by atoms with Gasteiger partial charge in [0.15, 0.2) is 5.82 Å². The van der Waals surface area contributed by atoms with Crippen LogP contribution in [0.3, 0.4) is 0 Å². The molecule has 136 valence electrons. The van der Waals surface area contributed by atoms with E-state index < -0.39 is 0 Å². The minimum Gasteiger partial charge on any atom is -0.376 e. The van der Waals surface area contributed by atoms with E-state index in [9.17, 15) is 5.26 Å². The lowest BCUT2D eigenvalue weighted by molar-refractivity contribution is -0.0212. The molecule has 0 amide bonds. The number of anilines is 1. The molecule has 1 N–H and O–H groups in total. The Morgan fingerprint density at radius 1 is 1.31 bits per heavy atom. The van der Waals surface area contributed by atoms with E-state index in [4.69, 9.17) is 4.74 Å². The van der Waals surface area contributed by atoms with Crippen LogP contribution in [0.4, 0.5) is 5.82 Å². The molecule has 3 rings (SSSR count). The minimum absolute atomic E-state index is 0.293. The van der Waals surface area contributed by atoms with Crippen LogP contribution < -0.4 is 5.32 Å². The molecular weight excluding hydrogens is 326 g/mol. The molecular formula is C20H25N5O. The van der Waals surface area contributed by atoms with Gasteiger partial charge in [0, 0.05) is 26.2 Å². The van der Waals surface area contributed by atoms with E-state index in [2.05, 4.69) is 57.7 Å². The molecule has 1 fully saturated rings. The van der Waals surface area contributed by atoms with Crippen LogP contribution in [-0.2, 0) is 17.8 Å². The van der Waals surface area contributed by atoms with Crippen LogP contribution in [0.5, 0.6) is 0 Å². The van der Waals surface area contributed by atoms with Crippen molar-refractivity contribution in [1.29, 1.82) is 5.26 Å². The Hall–Kier alpha value is -2.49. The molecule has 1 atom stereocenters. The molecule has 26 heavy (non-hydrogen) atoms. The Kier molecular flexibility index (Phi) is 5.82. The Morgan fingerprint density at radius 3 is 2.88 bits per heavy atom. The Morgan fingerprint density at radius 2 is 2.12 bits per heavy atom. The summed E-state index contributed by atoms with van der Waals surface area (Å²) in [7, 11) is 0. The third-order valence-corrected chi connectivity index (χ3v) is 4.75. The molecule has 0 aliphatic carbocycles. The maximum atomic E-state index is 9.40. The highest BCUT2D eigenvalue weighted by atomic mass is 16.5. The maximum absolute atomic E-state index is 9.40. The summed E-state index contributed by atoms with van der Waals surface area (Å²) in [4.78, 5) is 2.42. The average molecular weight is 351 g/mol. The van der Waals surface area contributed by atoms with E-state index in [0.717, 1.165) is 43.1 Å². The number of nitrogens with one attached hydrogen (secondary N) is 1. The van der Waals surface area contributed by atoms with Crippen molar-refractivity contribution in [2.45, 2.75) is 40.0 Å². The van der Waals surface area contributed by atoms with Crippen molar-refractivity contribution < 1.29 is 4.74 Å². The van der Waals surface area contributed by atoms with E-state index >= 15 is 0 Å². The smallest absolute Gasteiger partial charge is 0.167 e. The van der Waals surface area contributed by atoms with Gasteiger partial charge < -0.3 is 10.1 Å². The normalized spacial score (nSPS) is 17.7. The predicted octanol–water partition coefficient (Wildman–Crippen LogP) is 2.80. The molecule has 1 aromatic heterocycles. The first-order valence-electron chi connectivity index (χ1n) is 8.96. The summed E-state index contributed by atoms with van der Waals surface area (Å²) in [6.07, 6.45) is 0.293. The average Bonchev–Trinajstić information content (AvgIpc) is 2.63. The first-order valence-corrected chi connectivity index (χ1v) is 8.96. The highest BCUT2D eigenvalue weighted by Crippen LogP contribution is 2.18. The molecule has 1 saturated heterocycles. The third kappa shape index (κ3) is 4.37. The van der Waals surface area contributed by atoms with Crippen LogP contribution in [0.2, 0.25) is 0 Å². The summed E-state index contributed by atoms with van der Waals surface area (Å²) < 4.78 is 5.61. The quantitative estimate of drug-likeness (QED) is 0.893. The number of aromatic nitrogens is 2. The van der Waals surface area contributed by atoms with Gasteiger partial charge in [0.1, 0.15) is 11.6 Å². The summed E-state index contributed by atoms with van der Waals surface area (Å²) in [6, 6.07) is 10.7. The first-order chi connectivity index (χ1) is 12.6. The van der Waals surface area contributed by atoms with Crippen LogP contribution >= 0.6 is 0 Å². The van der Waals surface area contributed by atoms with Gasteiger partial charge in [-0.1, -0.05) is 24.3 Å². The van der Waals surface area contributed by atoms with Gasteiger partial charge in [0.05, 0.1) is 18.4 Å². The number of hydrogen-bond donors (Lipinski definition) is 1. The fourth-order valence-electron chi connectivity index (χ4n) is 3.19. The lowest BCUT2D eigenvalue weighted by Crippen LogP contribution is -2.40. The monoisotopic (exact) mass is 351 g/mol. The van der Waals surface area contributed by atoms with Crippen LogP contribution in [0.15, 0.2) is 24.3 Å². The van der Waals surface area contributed by atoms with Gasteiger partial charge in [-0.15, -0.1) is 5.10 Å². The molecule has 6 nitrogen and oxygen atoms in total. The molecule has 6 heteroatoms. The Balaban J connectivity index is 1.66. The number of rotatable bonds is 5. The highest BCUT2D eigenvalue weighted by molar-refractivity contribution is 5.55. The third-order valence-electron chi connectivity index (χ3n) is 4.75. The number of benzene rings is 1. The molecule has 1 aromatic carbocycles. The Bertz CT molecular complexity index is 814. The van der Waals surface area contributed by atoms with Crippen molar-refractivity contribution in [2.24, 2.45) is 0 Å². The molecule has 0 spiro atoms. The van der Waals surface area contributed by atoms with E-state index in [1.807, 2.05) is 13.8 Å². The first kappa shape index (κ1) is 18.3. The number of ether oxygens (including phenoxy) is 1. The number of hydrogen-bond acceptors (Lipinski definition) is 6. The second-order valence-electron chi connectivity index (χ2n) is 6.84. The van der Waals surface area contributed by atoms with Crippen LogP contribution in [0.25, 0.3) is 0 Å². The highest BCUT2D eigenvalue weighted by Gasteiger charge is 2.16. The van der Waals surface area contributed by atoms with Crippen molar-refractivity contribution >= 4 is 5.82 Å². The standard InChI is InChI=1S/C20H25N5O/c1-14-12-25(7-8-26-14)13-18-6-4-5-17(9-18)11-22-20-19(10-21)15(2)16(3)23-24-20/h4-6,9,14H,7-8,11-13H2,1-3H3,(H,22,24). The maximum Gasteiger partial charge on any atom is 0.167 e. The summed E-state index contributed by atoms with van der Waals surface area (Å²) >= 11 is 0. The van der Waals surface area contributed by atoms with E-state index in [-0.39, 0.29) is 0 Å². The number of aryl methyl sites for hydroxylation is 1. The van der Waals surface area contributed by atoms with Gasteiger partial charge in [0.25, 0.3) is 0 Å². The largest absolute Gasteiger partial charge is 0.376 e. The van der Waals surface area contributed by atoms with E-state index in [0.29, 0.717) is 24.0 Å².